The van der Waals surface area contributed by atoms with Gasteiger partial charge in [0.15, 0.2) is 5.78 Å². The van der Waals surface area contributed by atoms with Gasteiger partial charge in [0, 0.05) is 45.6 Å². The second-order valence-corrected chi connectivity index (χ2v) is 10.2. The number of fused-ring (bicyclic) bond motifs is 1. The first-order chi connectivity index (χ1) is 17.1. The third-order valence-electron chi connectivity index (χ3n) is 6.72. The molecule has 0 spiro atoms. The lowest BCUT2D eigenvalue weighted by Gasteiger charge is -2.26. The summed E-state index contributed by atoms with van der Waals surface area (Å²) in [5.41, 5.74) is 3.45. The van der Waals surface area contributed by atoms with Crippen molar-refractivity contribution in [3.63, 3.8) is 0 Å². The van der Waals surface area contributed by atoms with Gasteiger partial charge in [0.1, 0.15) is 5.75 Å². The first kappa shape index (κ1) is 23.3. The minimum Gasteiger partial charge on any atom is -0.508 e. The van der Waals surface area contributed by atoms with Crippen LogP contribution in [-0.4, -0.2) is 34.8 Å². The smallest absolute Gasteiger partial charge is 0.222 e. The highest BCUT2D eigenvalue weighted by atomic mass is 32.1. The van der Waals surface area contributed by atoms with Gasteiger partial charge >= 0.3 is 0 Å². The van der Waals surface area contributed by atoms with Crippen molar-refractivity contribution < 1.29 is 14.7 Å². The van der Waals surface area contributed by atoms with Crippen molar-refractivity contribution in [3.8, 4) is 16.2 Å². The highest BCUT2D eigenvalue weighted by Crippen LogP contribution is 2.41. The van der Waals surface area contributed by atoms with E-state index in [1.54, 1.807) is 12.1 Å². The van der Waals surface area contributed by atoms with Crippen LogP contribution in [0.15, 0.2) is 72.8 Å². The number of hydrogen-bond acceptors (Lipinski definition) is 4. The Bertz CT molecular complexity index is 1340. The monoisotopic (exact) mass is 483 g/mol. The summed E-state index contributed by atoms with van der Waals surface area (Å²) in [5, 5.41) is 10.8. The standard InChI is InChI=1S/C30H29NO3S/c32-24-16-17-25-26(20-24)35-30(23-9-3-1-4-10-23)28(25)29(34)22-14-12-21(13-15-22)8-7-11-27(33)31-18-5-2-6-19-31/h1,3-4,9-10,12-17,20,32H,2,5-8,11,18-19H2. The Hall–Kier alpha value is -3.44. The number of phenolic OH excluding ortho intramolecular Hbond substituents is 1. The summed E-state index contributed by atoms with van der Waals surface area (Å²) >= 11 is 1.53. The van der Waals surface area contributed by atoms with Crippen molar-refractivity contribution in [1.82, 2.24) is 4.90 Å². The molecule has 0 unspecified atom stereocenters. The summed E-state index contributed by atoms with van der Waals surface area (Å²) in [5.74, 6) is 0.438. The molecule has 3 aromatic carbocycles. The second-order valence-electron chi connectivity index (χ2n) is 9.17. The van der Waals surface area contributed by atoms with Gasteiger partial charge in [-0.3, -0.25) is 9.59 Å². The minimum absolute atomic E-state index is 0.0207. The lowest BCUT2D eigenvalue weighted by atomic mass is 9.96. The van der Waals surface area contributed by atoms with Crippen LogP contribution in [0.25, 0.3) is 20.5 Å². The highest BCUT2D eigenvalue weighted by molar-refractivity contribution is 7.22. The average molecular weight is 484 g/mol. The molecule has 1 aliphatic rings. The molecule has 1 N–H and O–H groups in total. The number of piperidine rings is 1. The van der Waals surface area contributed by atoms with E-state index in [-0.39, 0.29) is 17.4 Å². The number of thiophene rings is 1. The Labute approximate surface area is 209 Å². The number of aryl methyl sites for hydroxylation is 1. The molecule has 0 bridgehead atoms. The van der Waals surface area contributed by atoms with Crippen LogP contribution in [0.3, 0.4) is 0 Å². The van der Waals surface area contributed by atoms with Gasteiger partial charge in [-0.15, -0.1) is 11.3 Å². The lowest BCUT2D eigenvalue weighted by molar-refractivity contribution is -0.132. The van der Waals surface area contributed by atoms with E-state index in [0.29, 0.717) is 17.5 Å². The summed E-state index contributed by atoms with van der Waals surface area (Å²) in [6.45, 7) is 1.80. The Morgan fingerprint density at radius 2 is 1.63 bits per heavy atom. The Balaban J connectivity index is 1.33. The van der Waals surface area contributed by atoms with Gasteiger partial charge in [0.25, 0.3) is 0 Å². The number of nitrogens with zero attached hydrogens (tertiary/aromatic N) is 1. The van der Waals surface area contributed by atoms with Crippen molar-refractivity contribution in [3.05, 3.63) is 89.5 Å². The van der Waals surface area contributed by atoms with Crippen molar-refractivity contribution in [1.29, 1.82) is 0 Å². The molecule has 178 valence electrons. The van der Waals surface area contributed by atoms with Crippen molar-refractivity contribution in [2.45, 2.75) is 38.5 Å². The van der Waals surface area contributed by atoms with E-state index >= 15 is 0 Å². The van der Waals surface area contributed by atoms with E-state index in [9.17, 15) is 14.7 Å². The molecule has 5 rings (SSSR count). The normalized spacial score (nSPS) is 13.8. The van der Waals surface area contributed by atoms with Crippen molar-refractivity contribution >= 4 is 33.1 Å². The van der Waals surface area contributed by atoms with E-state index in [1.807, 2.05) is 65.6 Å². The molecule has 5 heteroatoms. The van der Waals surface area contributed by atoms with Gasteiger partial charge in [-0.05, 0) is 61.4 Å². The van der Waals surface area contributed by atoms with Gasteiger partial charge in [-0.1, -0.05) is 54.6 Å². The number of amides is 1. The molecule has 4 aromatic rings. The van der Waals surface area contributed by atoms with Crippen LogP contribution in [0.5, 0.6) is 5.75 Å². The summed E-state index contributed by atoms with van der Waals surface area (Å²) in [6, 6.07) is 22.9. The van der Waals surface area contributed by atoms with Crippen molar-refractivity contribution in [2.75, 3.05) is 13.1 Å². The van der Waals surface area contributed by atoms with Crippen LogP contribution in [0, 0.1) is 0 Å². The van der Waals surface area contributed by atoms with Crippen LogP contribution >= 0.6 is 11.3 Å². The molecule has 0 aliphatic carbocycles. The predicted molar refractivity (Wildman–Crippen MR) is 142 cm³/mol. The average Bonchev–Trinajstić information content (AvgIpc) is 3.28. The SMILES string of the molecule is O=C(c1ccc(CCCC(=O)N2CCCCC2)cc1)c1c(-c2ccccc2)sc2cc(O)ccc12. The molecule has 2 heterocycles. The zero-order valence-corrected chi connectivity index (χ0v) is 20.5. The van der Waals surface area contributed by atoms with Gasteiger partial charge < -0.3 is 10.0 Å². The Kier molecular flexibility index (Phi) is 6.96. The number of likely N-dealkylation sites (tertiary alicyclic amines) is 1. The van der Waals surface area contributed by atoms with E-state index in [4.69, 9.17) is 0 Å². The Morgan fingerprint density at radius 3 is 2.37 bits per heavy atom. The number of carbonyl (C=O) groups is 2. The maximum Gasteiger partial charge on any atom is 0.222 e. The van der Waals surface area contributed by atoms with E-state index in [1.165, 1.54) is 17.8 Å². The molecular weight excluding hydrogens is 454 g/mol. The van der Waals surface area contributed by atoms with E-state index < -0.39 is 0 Å². The molecule has 0 atom stereocenters. The minimum atomic E-state index is -0.0207. The molecule has 1 amide bonds. The number of aromatic hydroxyl groups is 1. The molecule has 4 nitrogen and oxygen atoms in total. The molecule has 1 aliphatic heterocycles. The van der Waals surface area contributed by atoms with E-state index in [2.05, 4.69) is 0 Å². The quantitative estimate of drug-likeness (QED) is 0.293. The molecule has 0 saturated carbocycles. The summed E-state index contributed by atoms with van der Waals surface area (Å²) in [6.07, 6.45) is 5.69. The molecule has 0 radical (unpaired) electrons. The molecule has 1 aromatic heterocycles. The molecule has 35 heavy (non-hydrogen) atoms. The molecular formula is C30H29NO3S. The van der Waals surface area contributed by atoms with Crippen molar-refractivity contribution in [2.24, 2.45) is 0 Å². The predicted octanol–water partition coefficient (Wildman–Crippen LogP) is 6.84. The fourth-order valence-electron chi connectivity index (χ4n) is 4.82. The van der Waals surface area contributed by atoms with Gasteiger partial charge in [0.05, 0.1) is 0 Å². The zero-order valence-electron chi connectivity index (χ0n) is 19.7. The highest BCUT2D eigenvalue weighted by Gasteiger charge is 2.22. The summed E-state index contributed by atoms with van der Waals surface area (Å²) in [4.78, 5) is 29.0. The van der Waals surface area contributed by atoms with Crippen LogP contribution in [0.4, 0.5) is 0 Å². The first-order valence-electron chi connectivity index (χ1n) is 12.3. The summed E-state index contributed by atoms with van der Waals surface area (Å²) in [7, 11) is 0. The number of rotatable bonds is 7. The lowest BCUT2D eigenvalue weighted by Crippen LogP contribution is -2.35. The topological polar surface area (TPSA) is 57.6 Å². The fourth-order valence-corrected chi connectivity index (χ4v) is 6.05. The van der Waals surface area contributed by atoms with Crippen LogP contribution < -0.4 is 0 Å². The number of benzene rings is 3. The Morgan fingerprint density at radius 1 is 0.886 bits per heavy atom. The molecule has 1 saturated heterocycles. The second kappa shape index (κ2) is 10.4. The number of phenols is 1. The van der Waals surface area contributed by atoms with Crippen LogP contribution in [0.2, 0.25) is 0 Å². The first-order valence-corrected chi connectivity index (χ1v) is 13.1. The summed E-state index contributed by atoms with van der Waals surface area (Å²) < 4.78 is 0.891. The van der Waals surface area contributed by atoms with Crippen LogP contribution in [-0.2, 0) is 11.2 Å². The molecule has 1 fully saturated rings. The maximum absolute atomic E-state index is 13.7. The third kappa shape index (κ3) is 5.15. The van der Waals surface area contributed by atoms with Gasteiger partial charge in [0.2, 0.25) is 5.91 Å². The number of hydrogen-bond donors (Lipinski definition) is 1. The van der Waals surface area contributed by atoms with Gasteiger partial charge in [-0.25, -0.2) is 0 Å². The maximum atomic E-state index is 13.7. The van der Waals surface area contributed by atoms with E-state index in [0.717, 1.165) is 64.9 Å². The number of carbonyl (C=O) groups excluding carboxylic acids is 2. The largest absolute Gasteiger partial charge is 0.508 e. The van der Waals surface area contributed by atoms with Gasteiger partial charge in [-0.2, -0.15) is 0 Å². The number of ketones is 1. The zero-order chi connectivity index (χ0) is 24.2. The fraction of sp³-hybridized carbons (Fsp3) is 0.267. The van der Waals surface area contributed by atoms with Crippen LogP contribution in [0.1, 0.15) is 53.6 Å². The third-order valence-corrected chi connectivity index (χ3v) is 7.92.